The SMILES string of the molecule is CN(C)C[C@@H]1CN(C)C[C@H]1NC(=O)c1cc(Cl)ccc1F. The van der Waals surface area contributed by atoms with E-state index in [2.05, 4.69) is 15.1 Å². The quantitative estimate of drug-likeness (QED) is 0.919. The van der Waals surface area contributed by atoms with Crippen LogP contribution in [-0.4, -0.2) is 62.5 Å². The highest BCUT2D eigenvalue weighted by molar-refractivity contribution is 6.31. The number of halogens is 2. The molecule has 1 aromatic rings. The van der Waals surface area contributed by atoms with E-state index in [-0.39, 0.29) is 11.6 Å². The topological polar surface area (TPSA) is 35.6 Å². The zero-order valence-corrected chi connectivity index (χ0v) is 13.3. The molecule has 1 fully saturated rings. The maximum Gasteiger partial charge on any atom is 0.254 e. The third kappa shape index (κ3) is 4.15. The molecule has 21 heavy (non-hydrogen) atoms. The van der Waals surface area contributed by atoms with E-state index >= 15 is 0 Å². The number of amides is 1. The molecule has 0 radical (unpaired) electrons. The lowest BCUT2D eigenvalue weighted by Crippen LogP contribution is -2.43. The fourth-order valence-electron chi connectivity index (χ4n) is 2.82. The molecule has 6 heteroatoms. The van der Waals surface area contributed by atoms with Gasteiger partial charge in [0.05, 0.1) is 5.56 Å². The second kappa shape index (κ2) is 6.73. The van der Waals surface area contributed by atoms with Gasteiger partial charge in [-0.25, -0.2) is 4.39 Å². The Bertz CT molecular complexity index is 524. The summed E-state index contributed by atoms with van der Waals surface area (Å²) in [6.45, 7) is 2.57. The number of benzene rings is 1. The molecule has 1 N–H and O–H groups in total. The monoisotopic (exact) mass is 313 g/mol. The zero-order valence-electron chi connectivity index (χ0n) is 12.6. The van der Waals surface area contributed by atoms with E-state index < -0.39 is 11.7 Å². The van der Waals surface area contributed by atoms with Crippen molar-refractivity contribution in [3.05, 3.63) is 34.6 Å². The highest BCUT2D eigenvalue weighted by Crippen LogP contribution is 2.19. The molecular weight excluding hydrogens is 293 g/mol. The third-order valence-electron chi connectivity index (χ3n) is 3.71. The largest absolute Gasteiger partial charge is 0.348 e. The number of carbonyl (C=O) groups excluding carboxylic acids is 1. The van der Waals surface area contributed by atoms with Gasteiger partial charge in [-0.15, -0.1) is 0 Å². The first-order valence-electron chi connectivity index (χ1n) is 6.96. The number of nitrogens with zero attached hydrogens (tertiary/aromatic N) is 2. The summed E-state index contributed by atoms with van der Waals surface area (Å²) in [5, 5.41) is 3.30. The van der Waals surface area contributed by atoms with Crippen molar-refractivity contribution in [2.24, 2.45) is 5.92 Å². The van der Waals surface area contributed by atoms with E-state index in [9.17, 15) is 9.18 Å². The van der Waals surface area contributed by atoms with E-state index in [4.69, 9.17) is 11.6 Å². The summed E-state index contributed by atoms with van der Waals surface area (Å²) in [6.07, 6.45) is 0. The first kappa shape index (κ1) is 16.2. The molecule has 4 nitrogen and oxygen atoms in total. The number of hydrogen-bond donors (Lipinski definition) is 1. The Labute approximate surface area is 129 Å². The van der Waals surface area contributed by atoms with Gasteiger partial charge in [0, 0.05) is 36.6 Å². The second-order valence-electron chi connectivity index (χ2n) is 5.95. The number of hydrogen-bond acceptors (Lipinski definition) is 3. The predicted octanol–water partition coefficient (Wildman–Crippen LogP) is 1.70. The van der Waals surface area contributed by atoms with Gasteiger partial charge in [0.1, 0.15) is 5.82 Å². The van der Waals surface area contributed by atoms with Crippen LogP contribution in [0.3, 0.4) is 0 Å². The summed E-state index contributed by atoms with van der Waals surface area (Å²) < 4.78 is 13.7. The maximum atomic E-state index is 13.7. The second-order valence-corrected chi connectivity index (χ2v) is 6.38. The van der Waals surface area contributed by atoms with Crippen molar-refractivity contribution in [3.63, 3.8) is 0 Å². The van der Waals surface area contributed by atoms with Crippen LogP contribution in [0.5, 0.6) is 0 Å². The number of likely N-dealkylation sites (N-methyl/N-ethyl adjacent to an activating group) is 1. The van der Waals surface area contributed by atoms with Crippen molar-refractivity contribution < 1.29 is 9.18 Å². The van der Waals surface area contributed by atoms with Crippen LogP contribution in [-0.2, 0) is 0 Å². The van der Waals surface area contributed by atoms with Gasteiger partial charge in [0.25, 0.3) is 5.91 Å². The summed E-state index contributed by atoms with van der Waals surface area (Å²) in [5.41, 5.74) is 0.000608. The smallest absolute Gasteiger partial charge is 0.254 e. The molecule has 0 saturated carbocycles. The molecule has 0 aromatic heterocycles. The van der Waals surface area contributed by atoms with Crippen LogP contribution in [0.25, 0.3) is 0 Å². The minimum absolute atomic E-state index is 0.000608. The molecule has 0 spiro atoms. The van der Waals surface area contributed by atoms with Crippen LogP contribution in [0.15, 0.2) is 18.2 Å². The molecule has 1 heterocycles. The van der Waals surface area contributed by atoms with Crippen LogP contribution in [0, 0.1) is 11.7 Å². The Morgan fingerprint density at radius 1 is 1.48 bits per heavy atom. The molecule has 2 atom stereocenters. The van der Waals surface area contributed by atoms with Gasteiger partial charge < -0.3 is 15.1 Å². The first-order chi connectivity index (χ1) is 9.86. The van der Waals surface area contributed by atoms with Gasteiger partial charge in [-0.3, -0.25) is 4.79 Å². The van der Waals surface area contributed by atoms with Crippen molar-refractivity contribution in [3.8, 4) is 0 Å². The molecule has 1 aliphatic rings. The van der Waals surface area contributed by atoms with Crippen LogP contribution in [0.4, 0.5) is 4.39 Å². The molecule has 116 valence electrons. The molecule has 0 unspecified atom stereocenters. The third-order valence-corrected chi connectivity index (χ3v) is 3.95. The van der Waals surface area contributed by atoms with E-state index in [1.165, 1.54) is 18.2 Å². The molecule has 1 aliphatic heterocycles. The average molecular weight is 314 g/mol. The van der Waals surface area contributed by atoms with Crippen LogP contribution < -0.4 is 5.32 Å². The van der Waals surface area contributed by atoms with Crippen molar-refractivity contribution in [2.75, 3.05) is 40.8 Å². The molecule has 1 amide bonds. The van der Waals surface area contributed by atoms with E-state index in [1.807, 2.05) is 21.1 Å². The van der Waals surface area contributed by atoms with Gasteiger partial charge in [-0.1, -0.05) is 11.6 Å². The minimum atomic E-state index is -0.549. The summed E-state index contributed by atoms with van der Waals surface area (Å²) in [6, 6.07) is 4.04. The lowest BCUT2D eigenvalue weighted by Gasteiger charge is -2.23. The molecule has 1 saturated heterocycles. The number of carbonyl (C=O) groups is 1. The molecule has 2 rings (SSSR count). The zero-order chi connectivity index (χ0) is 15.6. The summed E-state index contributed by atoms with van der Waals surface area (Å²) in [4.78, 5) is 16.5. The van der Waals surface area contributed by atoms with Crippen molar-refractivity contribution in [2.45, 2.75) is 6.04 Å². The van der Waals surface area contributed by atoms with Crippen LogP contribution in [0.1, 0.15) is 10.4 Å². The normalized spacial score (nSPS) is 22.8. The lowest BCUT2D eigenvalue weighted by atomic mass is 10.0. The van der Waals surface area contributed by atoms with Gasteiger partial charge in [0.2, 0.25) is 0 Å². The van der Waals surface area contributed by atoms with Gasteiger partial charge in [-0.05, 0) is 39.3 Å². The van der Waals surface area contributed by atoms with Crippen molar-refractivity contribution >= 4 is 17.5 Å². The highest BCUT2D eigenvalue weighted by atomic mass is 35.5. The number of rotatable bonds is 4. The summed E-state index contributed by atoms with van der Waals surface area (Å²) >= 11 is 5.84. The van der Waals surface area contributed by atoms with Crippen LogP contribution >= 0.6 is 11.6 Å². The first-order valence-corrected chi connectivity index (χ1v) is 7.34. The standard InChI is InChI=1S/C15H21ClFN3O/c1-19(2)7-10-8-20(3)9-14(10)18-15(21)12-6-11(16)4-5-13(12)17/h4-6,10,14H,7-9H2,1-3H3,(H,18,21)/t10-,14-/m1/s1. The molecule has 0 aliphatic carbocycles. The van der Waals surface area contributed by atoms with E-state index in [1.54, 1.807) is 0 Å². The maximum absolute atomic E-state index is 13.7. The van der Waals surface area contributed by atoms with E-state index in [0.29, 0.717) is 10.9 Å². The number of likely N-dealkylation sites (tertiary alicyclic amines) is 1. The Morgan fingerprint density at radius 3 is 2.86 bits per heavy atom. The molecular formula is C15H21ClFN3O. The van der Waals surface area contributed by atoms with Gasteiger partial charge in [0.15, 0.2) is 0 Å². The summed E-state index contributed by atoms with van der Waals surface area (Å²) in [5.74, 6) is -0.623. The fourth-order valence-corrected chi connectivity index (χ4v) is 2.99. The lowest BCUT2D eigenvalue weighted by molar-refractivity contribution is 0.0923. The van der Waals surface area contributed by atoms with Crippen molar-refractivity contribution in [1.29, 1.82) is 0 Å². The van der Waals surface area contributed by atoms with E-state index in [0.717, 1.165) is 19.6 Å². The molecule has 0 bridgehead atoms. The Kier molecular flexibility index (Phi) is 5.19. The minimum Gasteiger partial charge on any atom is -0.348 e. The predicted molar refractivity (Wildman–Crippen MR) is 82.2 cm³/mol. The average Bonchev–Trinajstić information content (AvgIpc) is 2.71. The summed E-state index contributed by atoms with van der Waals surface area (Å²) in [7, 11) is 6.04. The fraction of sp³-hybridized carbons (Fsp3) is 0.533. The number of nitrogens with one attached hydrogen (secondary N) is 1. The molecule has 1 aromatic carbocycles. The highest BCUT2D eigenvalue weighted by Gasteiger charge is 2.32. The Balaban J connectivity index is 2.09. The van der Waals surface area contributed by atoms with Crippen molar-refractivity contribution in [1.82, 2.24) is 15.1 Å². The van der Waals surface area contributed by atoms with Gasteiger partial charge in [-0.2, -0.15) is 0 Å². The Morgan fingerprint density at radius 2 is 2.19 bits per heavy atom. The Hall–Kier alpha value is -1.17. The van der Waals surface area contributed by atoms with Gasteiger partial charge >= 0.3 is 0 Å². The van der Waals surface area contributed by atoms with Crippen LogP contribution in [0.2, 0.25) is 5.02 Å².